The fourth-order valence-electron chi connectivity index (χ4n) is 1.33. The average Bonchev–Trinajstić information content (AvgIpc) is 2.14. The van der Waals surface area contributed by atoms with E-state index in [0.29, 0.717) is 0 Å². The van der Waals surface area contributed by atoms with Gasteiger partial charge in [-0.25, -0.2) is 0 Å². The molecular formula is C10H11F3O. The van der Waals surface area contributed by atoms with Gasteiger partial charge in [-0.15, -0.1) is 0 Å². The van der Waals surface area contributed by atoms with E-state index in [0.717, 1.165) is 18.2 Å². The third-order valence-electron chi connectivity index (χ3n) is 2.14. The SMILES string of the molecule is OCC=CC1(C(F)(F)F)C=CC=CC1. The number of aliphatic hydroxyl groups excluding tert-OH is 1. The van der Waals surface area contributed by atoms with E-state index in [4.69, 9.17) is 5.11 Å². The molecule has 0 aromatic rings. The van der Waals surface area contributed by atoms with Crippen molar-refractivity contribution in [3.05, 3.63) is 36.5 Å². The summed E-state index contributed by atoms with van der Waals surface area (Å²) in [5.41, 5.74) is -1.94. The van der Waals surface area contributed by atoms with E-state index in [9.17, 15) is 13.2 Å². The maximum atomic E-state index is 12.7. The zero-order valence-electron chi connectivity index (χ0n) is 7.46. The van der Waals surface area contributed by atoms with Crippen molar-refractivity contribution in [1.82, 2.24) is 0 Å². The first-order valence-corrected chi connectivity index (χ1v) is 4.21. The minimum atomic E-state index is -4.32. The van der Waals surface area contributed by atoms with Crippen molar-refractivity contribution in [2.45, 2.75) is 12.6 Å². The second kappa shape index (κ2) is 4.00. The van der Waals surface area contributed by atoms with Crippen molar-refractivity contribution in [2.75, 3.05) is 6.61 Å². The molecule has 0 aromatic carbocycles. The van der Waals surface area contributed by atoms with Gasteiger partial charge >= 0.3 is 6.18 Å². The van der Waals surface area contributed by atoms with Gasteiger partial charge in [-0.1, -0.05) is 36.5 Å². The predicted octanol–water partition coefficient (Wildman–Crippen LogP) is 2.60. The highest BCUT2D eigenvalue weighted by Gasteiger charge is 2.50. The molecule has 0 bridgehead atoms. The van der Waals surface area contributed by atoms with Crippen LogP contribution in [0.1, 0.15) is 6.42 Å². The monoisotopic (exact) mass is 204 g/mol. The average molecular weight is 204 g/mol. The molecule has 0 fully saturated rings. The lowest BCUT2D eigenvalue weighted by Gasteiger charge is -2.30. The summed E-state index contributed by atoms with van der Waals surface area (Å²) in [6.45, 7) is -0.380. The minimum absolute atomic E-state index is 0.108. The lowest BCUT2D eigenvalue weighted by atomic mass is 9.80. The molecule has 1 aliphatic rings. The first-order chi connectivity index (χ1) is 6.52. The molecule has 0 spiro atoms. The van der Waals surface area contributed by atoms with Crippen LogP contribution in [0.5, 0.6) is 0 Å². The fraction of sp³-hybridized carbons (Fsp3) is 0.400. The summed E-state index contributed by atoms with van der Waals surface area (Å²) in [4.78, 5) is 0. The third-order valence-corrected chi connectivity index (χ3v) is 2.14. The van der Waals surface area contributed by atoms with Gasteiger partial charge < -0.3 is 5.11 Å². The zero-order valence-corrected chi connectivity index (χ0v) is 7.46. The second-order valence-electron chi connectivity index (χ2n) is 3.11. The Bertz CT molecular complexity index is 276. The van der Waals surface area contributed by atoms with Crippen molar-refractivity contribution in [3.63, 3.8) is 0 Å². The zero-order chi connectivity index (χ0) is 10.7. The standard InChI is InChI=1S/C10H11F3O/c11-10(12,13)9(7-4-8-14)5-2-1-3-6-9/h1-5,7,14H,6,8H2. The van der Waals surface area contributed by atoms with Gasteiger partial charge in [0, 0.05) is 0 Å². The predicted molar refractivity (Wildman–Crippen MR) is 47.6 cm³/mol. The molecule has 0 aliphatic heterocycles. The molecule has 0 heterocycles. The Morgan fingerprint density at radius 1 is 1.36 bits per heavy atom. The van der Waals surface area contributed by atoms with Crippen LogP contribution in [0.4, 0.5) is 13.2 Å². The largest absolute Gasteiger partial charge is 0.401 e. The molecule has 0 saturated carbocycles. The molecule has 1 aliphatic carbocycles. The molecular weight excluding hydrogens is 193 g/mol. The molecule has 1 N–H and O–H groups in total. The Labute approximate surface area is 80.2 Å². The van der Waals surface area contributed by atoms with Crippen LogP contribution in [0.25, 0.3) is 0 Å². The van der Waals surface area contributed by atoms with Crippen LogP contribution in [0, 0.1) is 5.41 Å². The normalized spacial score (nSPS) is 27.4. The van der Waals surface area contributed by atoms with E-state index >= 15 is 0 Å². The van der Waals surface area contributed by atoms with Gasteiger partial charge in [0.15, 0.2) is 0 Å². The molecule has 1 atom stereocenters. The number of halogens is 3. The van der Waals surface area contributed by atoms with Gasteiger partial charge in [-0.3, -0.25) is 0 Å². The van der Waals surface area contributed by atoms with E-state index in [1.165, 1.54) is 12.2 Å². The van der Waals surface area contributed by atoms with Crippen molar-refractivity contribution in [2.24, 2.45) is 5.41 Å². The van der Waals surface area contributed by atoms with Gasteiger partial charge in [0.1, 0.15) is 5.41 Å². The molecule has 0 saturated heterocycles. The van der Waals surface area contributed by atoms with E-state index in [1.54, 1.807) is 6.08 Å². The lowest BCUT2D eigenvalue weighted by molar-refractivity contribution is -0.188. The third kappa shape index (κ3) is 2.07. The quantitative estimate of drug-likeness (QED) is 0.685. The van der Waals surface area contributed by atoms with Gasteiger partial charge in [0.2, 0.25) is 0 Å². The van der Waals surface area contributed by atoms with Crippen LogP contribution >= 0.6 is 0 Å². The van der Waals surface area contributed by atoms with E-state index in [1.807, 2.05) is 0 Å². The summed E-state index contributed by atoms with van der Waals surface area (Å²) in [6, 6.07) is 0. The van der Waals surface area contributed by atoms with Crippen molar-refractivity contribution in [1.29, 1.82) is 0 Å². The number of hydrogen-bond acceptors (Lipinski definition) is 1. The van der Waals surface area contributed by atoms with E-state index in [2.05, 4.69) is 0 Å². The summed E-state index contributed by atoms with van der Waals surface area (Å²) in [5.74, 6) is 0. The Morgan fingerprint density at radius 2 is 2.07 bits per heavy atom. The molecule has 1 unspecified atom stereocenters. The van der Waals surface area contributed by atoms with Crippen molar-refractivity contribution >= 4 is 0 Å². The maximum Gasteiger partial charge on any atom is 0.401 e. The van der Waals surface area contributed by atoms with E-state index < -0.39 is 11.6 Å². The Balaban J connectivity index is 2.97. The summed E-state index contributed by atoms with van der Waals surface area (Å²) in [5, 5.41) is 8.48. The number of hydrogen-bond donors (Lipinski definition) is 1. The van der Waals surface area contributed by atoms with Crippen LogP contribution in [0.3, 0.4) is 0 Å². The lowest BCUT2D eigenvalue weighted by Crippen LogP contribution is -2.34. The molecule has 14 heavy (non-hydrogen) atoms. The first kappa shape index (κ1) is 11.0. The smallest absolute Gasteiger partial charge is 0.392 e. The van der Waals surface area contributed by atoms with Crippen molar-refractivity contribution < 1.29 is 18.3 Å². The summed E-state index contributed by atoms with van der Waals surface area (Å²) in [7, 11) is 0. The molecule has 0 amide bonds. The molecule has 0 aromatic heterocycles. The number of aliphatic hydroxyl groups is 1. The molecule has 1 nitrogen and oxygen atoms in total. The fourth-order valence-corrected chi connectivity index (χ4v) is 1.33. The van der Waals surface area contributed by atoms with Crippen LogP contribution in [-0.4, -0.2) is 17.9 Å². The first-order valence-electron chi connectivity index (χ1n) is 4.21. The maximum absolute atomic E-state index is 12.7. The molecule has 4 heteroatoms. The summed E-state index contributed by atoms with van der Waals surface area (Å²) in [6.07, 6.45) is 3.23. The van der Waals surface area contributed by atoms with Crippen molar-refractivity contribution in [3.8, 4) is 0 Å². The minimum Gasteiger partial charge on any atom is -0.392 e. The number of rotatable bonds is 2. The molecule has 0 radical (unpaired) electrons. The highest BCUT2D eigenvalue weighted by molar-refractivity contribution is 5.25. The van der Waals surface area contributed by atoms with Gasteiger partial charge in [-0.05, 0) is 6.42 Å². The van der Waals surface area contributed by atoms with Gasteiger partial charge in [-0.2, -0.15) is 13.2 Å². The van der Waals surface area contributed by atoms with E-state index in [-0.39, 0.29) is 13.0 Å². The number of allylic oxidation sites excluding steroid dienone is 5. The summed E-state index contributed by atoms with van der Waals surface area (Å²) >= 11 is 0. The second-order valence-corrected chi connectivity index (χ2v) is 3.11. The summed E-state index contributed by atoms with van der Waals surface area (Å²) < 4.78 is 38.1. The van der Waals surface area contributed by atoms with Crippen LogP contribution in [0.15, 0.2) is 36.5 Å². The highest BCUT2D eigenvalue weighted by Crippen LogP contribution is 2.45. The van der Waals surface area contributed by atoms with Crippen LogP contribution in [0.2, 0.25) is 0 Å². The Hall–Kier alpha value is -1.03. The van der Waals surface area contributed by atoms with Crippen LogP contribution in [-0.2, 0) is 0 Å². The molecule has 1 rings (SSSR count). The van der Waals surface area contributed by atoms with Gasteiger partial charge in [0.05, 0.1) is 6.61 Å². The topological polar surface area (TPSA) is 20.2 Å². The Kier molecular flexibility index (Phi) is 3.16. The Morgan fingerprint density at radius 3 is 2.50 bits per heavy atom. The molecule has 78 valence electrons. The number of alkyl halides is 3. The van der Waals surface area contributed by atoms with Crippen LogP contribution < -0.4 is 0 Å². The van der Waals surface area contributed by atoms with Gasteiger partial charge in [0.25, 0.3) is 0 Å². The highest BCUT2D eigenvalue weighted by atomic mass is 19.4.